The van der Waals surface area contributed by atoms with Gasteiger partial charge < -0.3 is 16.3 Å². The van der Waals surface area contributed by atoms with E-state index in [1.807, 2.05) is 13.8 Å². The molecule has 1 aromatic carbocycles. The van der Waals surface area contributed by atoms with Crippen LogP contribution in [0.2, 0.25) is 0 Å². The Morgan fingerprint density at radius 3 is 2.37 bits per heavy atom. The van der Waals surface area contributed by atoms with Crippen LogP contribution >= 0.6 is 0 Å². The van der Waals surface area contributed by atoms with Gasteiger partial charge in [0.05, 0.1) is 0 Å². The summed E-state index contributed by atoms with van der Waals surface area (Å²) >= 11 is 0. The number of nitrogens with zero attached hydrogens (tertiary/aromatic N) is 1. The van der Waals surface area contributed by atoms with E-state index in [9.17, 15) is 0 Å². The van der Waals surface area contributed by atoms with E-state index >= 15 is 0 Å². The summed E-state index contributed by atoms with van der Waals surface area (Å²) < 4.78 is 0. The van der Waals surface area contributed by atoms with Crippen LogP contribution in [0.3, 0.4) is 0 Å². The molecule has 0 fully saturated rings. The van der Waals surface area contributed by atoms with Crippen molar-refractivity contribution in [3.63, 3.8) is 0 Å². The number of nitrogens with one attached hydrogen (secondary N) is 1. The number of oxime groups is 1. The van der Waals surface area contributed by atoms with Gasteiger partial charge in [-0.25, -0.2) is 0 Å². The molecule has 4 N–H and O–H groups in total. The maximum absolute atomic E-state index is 8.71. The lowest BCUT2D eigenvalue weighted by Gasteiger charge is -2.23. The van der Waals surface area contributed by atoms with Crippen LogP contribution in [0.25, 0.3) is 0 Å². The third-order valence-corrected chi connectivity index (χ3v) is 3.46. The van der Waals surface area contributed by atoms with Crippen molar-refractivity contribution in [3.05, 3.63) is 29.8 Å². The summed E-state index contributed by atoms with van der Waals surface area (Å²) in [4.78, 5) is 0. The zero-order valence-corrected chi connectivity index (χ0v) is 12.3. The summed E-state index contributed by atoms with van der Waals surface area (Å²) in [5.41, 5.74) is 7.78. The fourth-order valence-electron chi connectivity index (χ4n) is 1.77. The van der Waals surface area contributed by atoms with Crippen LogP contribution in [-0.2, 0) is 0 Å². The van der Waals surface area contributed by atoms with E-state index in [2.05, 4.69) is 48.6 Å². The number of anilines is 1. The van der Waals surface area contributed by atoms with Gasteiger partial charge in [-0.15, -0.1) is 0 Å². The van der Waals surface area contributed by atoms with E-state index in [4.69, 9.17) is 10.9 Å². The molecule has 1 aromatic rings. The highest BCUT2D eigenvalue weighted by Gasteiger charge is 2.22. The summed E-state index contributed by atoms with van der Waals surface area (Å²) in [7, 11) is 0. The largest absolute Gasteiger partial charge is 0.409 e. The number of nitrogens with two attached hydrogens (primary N) is 1. The van der Waals surface area contributed by atoms with E-state index in [0.717, 1.165) is 18.7 Å². The highest BCUT2D eigenvalue weighted by Crippen LogP contribution is 2.21. The molecule has 0 atom stereocenters. The molecule has 0 aromatic heterocycles. The van der Waals surface area contributed by atoms with E-state index in [-0.39, 0.29) is 11.3 Å². The first-order valence-corrected chi connectivity index (χ1v) is 6.68. The third kappa shape index (κ3) is 4.47. The molecule has 0 spiro atoms. The monoisotopic (exact) mass is 263 g/mol. The average molecular weight is 263 g/mol. The lowest BCUT2D eigenvalue weighted by Crippen LogP contribution is -2.33. The molecule has 4 heteroatoms. The first kappa shape index (κ1) is 15.3. The zero-order valence-electron chi connectivity index (χ0n) is 12.3. The molecule has 0 bridgehead atoms. The van der Waals surface area contributed by atoms with Gasteiger partial charge in [0.25, 0.3) is 0 Å². The molecule has 0 radical (unpaired) electrons. The Morgan fingerprint density at radius 2 is 1.89 bits per heavy atom. The predicted octanol–water partition coefficient (Wildman–Crippen LogP) is 3.38. The van der Waals surface area contributed by atoms with Crippen molar-refractivity contribution in [3.8, 4) is 0 Å². The van der Waals surface area contributed by atoms with Gasteiger partial charge >= 0.3 is 0 Å². The summed E-state index contributed by atoms with van der Waals surface area (Å²) in [6.45, 7) is 9.07. The van der Waals surface area contributed by atoms with Crippen LogP contribution in [-0.4, -0.2) is 17.6 Å². The van der Waals surface area contributed by atoms with Gasteiger partial charge in [-0.3, -0.25) is 0 Å². The Kier molecular flexibility index (Phi) is 5.21. The molecule has 0 heterocycles. The molecular weight excluding hydrogens is 238 g/mol. The van der Waals surface area contributed by atoms with E-state index in [0.29, 0.717) is 5.92 Å². The predicted molar refractivity (Wildman–Crippen MR) is 80.8 cm³/mol. The second kappa shape index (κ2) is 6.45. The van der Waals surface area contributed by atoms with Crippen LogP contribution in [0.4, 0.5) is 5.69 Å². The zero-order chi connectivity index (χ0) is 14.5. The molecule has 0 saturated carbocycles. The number of amidine groups is 1. The Morgan fingerprint density at radius 1 is 1.32 bits per heavy atom. The van der Waals surface area contributed by atoms with E-state index < -0.39 is 0 Å². The molecule has 0 saturated heterocycles. The van der Waals surface area contributed by atoms with Gasteiger partial charge in [-0.2, -0.15) is 0 Å². The molecule has 1 rings (SSSR count). The number of hydrogen-bond donors (Lipinski definition) is 3. The van der Waals surface area contributed by atoms with Gasteiger partial charge in [0.2, 0.25) is 0 Å². The first-order valence-electron chi connectivity index (χ1n) is 6.68. The lowest BCUT2D eigenvalue weighted by atomic mass is 9.88. The summed E-state index contributed by atoms with van der Waals surface area (Å²) in [5, 5.41) is 15.1. The topological polar surface area (TPSA) is 70.6 Å². The van der Waals surface area contributed by atoms with Crippen molar-refractivity contribution in [2.75, 3.05) is 11.9 Å². The van der Waals surface area contributed by atoms with Crippen LogP contribution in [0.1, 0.15) is 45.6 Å². The summed E-state index contributed by atoms with van der Waals surface area (Å²) in [6, 6.07) is 8.46. The minimum atomic E-state index is -0.306. The molecule has 19 heavy (non-hydrogen) atoms. The van der Waals surface area contributed by atoms with Crippen molar-refractivity contribution in [1.29, 1.82) is 0 Å². The molecular formula is C15H25N3O. The standard InChI is InChI=1S/C15H25N3O/c1-11(2)12-5-7-13(8-6-12)17-10-9-15(3,4)14(16)18-19/h5-8,11,17,19H,9-10H2,1-4H3,(H2,16,18). The average Bonchev–Trinajstić information content (AvgIpc) is 2.38. The minimum absolute atomic E-state index is 0.268. The smallest absolute Gasteiger partial charge is 0.144 e. The molecule has 0 aliphatic carbocycles. The van der Waals surface area contributed by atoms with Crippen molar-refractivity contribution in [2.24, 2.45) is 16.3 Å². The molecule has 4 nitrogen and oxygen atoms in total. The van der Waals surface area contributed by atoms with Crippen LogP contribution in [0, 0.1) is 5.41 Å². The third-order valence-electron chi connectivity index (χ3n) is 3.46. The molecule has 0 amide bonds. The highest BCUT2D eigenvalue weighted by atomic mass is 16.4. The Hall–Kier alpha value is -1.71. The Balaban J connectivity index is 2.50. The first-order chi connectivity index (χ1) is 8.86. The van der Waals surface area contributed by atoms with Crippen molar-refractivity contribution < 1.29 is 5.21 Å². The summed E-state index contributed by atoms with van der Waals surface area (Å²) in [6.07, 6.45) is 0.800. The molecule has 0 unspecified atom stereocenters. The second-order valence-electron chi connectivity index (χ2n) is 5.82. The normalized spacial score (nSPS) is 12.8. The minimum Gasteiger partial charge on any atom is -0.409 e. The van der Waals surface area contributed by atoms with Gasteiger partial charge in [0, 0.05) is 17.6 Å². The van der Waals surface area contributed by atoms with Gasteiger partial charge in [0.1, 0.15) is 5.84 Å². The van der Waals surface area contributed by atoms with E-state index in [1.165, 1.54) is 5.56 Å². The fraction of sp³-hybridized carbons (Fsp3) is 0.533. The summed E-state index contributed by atoms with van der Waals surface area (Å²) in [5.74, 6) is 0.818. The maximum atomic E-state index is 8.71. The van der Waals surface area contributed by atoms with Gasteiger partial charge in [-0.05, 0) is 30.0 Å². The Bertz CT molecular complexity index is 422. The molecule has 0 aliphatic rings. The van der Waals surface area contributed by atoms with Gasteiger partial charge in [-0.1, -0.05) is 45.0 Å². The Labute approximate surface area is 115 Å². The van der Waals surface area contributed by atoms with Crippen LogP contribution < -0.4 is 11.1 Å². The van der Waals surface area contributed by atoms with Crippen molar-refractivity contribution in [1.82, 2.24) is 0 Å². The molecule has 0 aliphatic heterocycles. The maximum Gasteiger partial charge on any atom is 0.144 e. The fourth-order valence-corrected chi connectivity index (χ4v) is 1.77. The van der Waals surface area contributed by atoms with E-state index in [1.54, 1.807) is 0 Å². The van der Waals surface area contributed by atoms with Crippen molar-refractivity contribution >= 4 is 11.5 Å². The van der Waals surface area contributed by atoms with Crippen LogP contribution in [0.15, 0.2) is 29.4 Å². The SMILES string of the molecule is CC(C)c1ccc(NCCC(C)(C)C(N)=NO)cc1. The second-order valence-corrected chi connectivity index (χ2v) is 5.82. The van der Waals surface area contributed by atoms with Gasteiger partial charge in [0.15, 0.2) is 0 Å². The number of rotatable bonds is 6. The van der Waals surface area contributed by atoms with Crippen LogP contribution in [0.5, 0.6) is 0 Å². The quantitative estimate of drug-likeness (QED) is 0.319. The lowest BCUT2D eigenvalue weighted by molar-refractivity contribution is 0.306. The number of benzene rings is 1. The van der Waals surface area contributed by atoms with Crippen molar-refractivity contribution in [2.45, 2.75) is 40.0 Å². The highest BCUT2D eigenvalue weighted by molar-refractivity contribution is 5.85. The number of hydrogen-bond acceptors (Lipinski definition) is 3. The molecule has 106 valence electrons.